The molecule has 8 heteroatoms. The van der Waals surface area contributed by atoms with Crippen LogP contribution in [0.15, 0.2) is 37.2 Å². The molecular formula is C15H14FN7. The van der Waals surface area contributed by atoms with Crippen LogP contribution >= 0.6 is 0 Å². The highest BCUT2D eigenvalue weighted by Crippen LogP contribution is 2.23. The van der Waals surface area contributed by atoms with E-state index in [9.17, 15) is 4.39 Å². The number of fused-ring (bicyclic) bond motifs is 1. The maximum atomic E-state index is 12.9. The Morgan fingerprint density at radius 2 is 1.61 bits per heavy atom. The minimum atomic E-state index is -0.423. The smallest absolute Gasteiger partial charge is 0.225 e. The van der Waals surface area contributed by atoms with Gasteiger partial charge in [0.05, 0.1) is 24.1 Å². The Morgan fingerprint density at radius 1 is 0.870 bits per heavy atom. The minimum Gasteiger partial charge on any atom is -0.352 e. The van der Waals surface area contributed by atoms with Gasteiger partial charge in [-0.25, -0.2) is 24.3 Å². The van der Waals surface area contributed by atoms with Gasteiger partial charge in [0.25, 0.3) is 0 Å². The van der Waals surface area contributed by atoms with Gasteiger partial charge in [0.1, 0.15) is 12.1 Å². The molecule has 0 unspecified atom stereocenters. The maximum Gasteiger partial charge on any atom is 0.225 e. The highest BCUT2D eigenvalue weighted by atomic mass is 19.1. The van der Waals surface area contributed by atoms with E-state index in [1.165, 1.54) is 12.4 Å². The molecule has 0 bridgehead atoms. The van der Waals surface area contributed by atoms with Gasteiger partial charge in [-0.2, -0.15) is 0 Å². The van der Waals surface area contributed by atoms with Crippen molar-refractivity contribution in [2.45, 2.75) is 0 Å². The summed E-state index contributed by atoms with van der Waals surface area (Å²) in [5, 5.41) is 0.994. The number of rotatable bonds is 2. The van der Waals surface area contributed by atoms with Gasteiger partial charge in [-0.3, -0.25) is 4.98 Å². The fourth-order valence-corrected chi connectivity index (χ4v) is 2.73. The highest BCUT2D eigenvalue weighted by molar-refractivity contribution is 5.88. The number of piperazine rings is 1. The monoisotopic (exact) mass is 311 g/mol. The molecule has 0 radical (unpaired) electrons. The number of anilines is 2. The second kappa shape index (κ2) is 5.71. The quantitative estimate of drug-likeness (QED) is 0.706. The summed E-state index contributed by atoms with van der Waals surface area (Å²) in [6.45, 7) is 3.08. The molecule has 1 aliphatic rings. The van der Waals surface area contributed by atoms with Crippen molar-refractivity contribution in [1.29, 1.82) is 0 Å². The summed E-state index contributed by atoms with van der Waals surface area (Å²) in [7, 11) is 0. The molecule has 0 saturated carbocycles. The molecule has 0 amide bonds. The van der Waals surface area contributed by atoms with Crippen LogP contribution in [0.25, 0.3) is 10.9 Å². The average Bonchev–Trinajstić information content (AvgIpc) is 2.62. The van der Waals surface area contributed by atoms with Gasteiger partial charge in [0, 0.05) is 37.8 Å². The van der Waals surface area contributed by atoms with Gasteiger partial charge >= 0.3 is 0 Å². The SMILES string of the molecule is Fc1cnc(N2CCN(c3ncnc4cnccc34)CC2)nc1. The molecule has 1 aliphatic heterocycles. The zero-order chi connectivity index (χ0) is 15.6. The normalized spacial score (nSPS) is 15.2. The van der Waals surface area contributed by atoms with Crippen LogP contribution in [0.1, 0.15) is 0 Å². The number of aromatic nitrogens is 5. The van der Waals surface area contributed by atoms with Crippen molar-refractivity contribution in [2.24, 2.45) is 0 Å². The first kappa shape index (κ1) is 13.7. The Labute approximate surface area is 131 Å². The van der Waals surface area contributed by atoms with Crippen molar-refractivity contribution < 1.29 is 4.39 Å². The molecule has 7 nitrogen and oxygen atoms in total. The lowest BCUT2D eigenvalue weighted by Crippen LogP contribution is -2.47. The molecule has 4 heterocycles. The molecule has 0 spiro atoms. The van der Waals surface area contributed by atoms with Gasteiger partial charge in [-0.1, -0.05) is 0 Å². The van der Waals surface area contributed by atoms with Gasteiger partial charge in [0.15, 0.2) is 5.82 Å². The fourth-order valence-electron chi connectivity index (χ4n) is 2.73. The third-order valence-electron chi connectivity index (χ3n) is 3.89. The molecule has 1 saturated heterocycles. The van der Waals surface area contributed by atoms with Gasteiger partial charge in [0.2, 0.25) is 5.95 Å². The summed E-state index contributed by atoms with van der Waals surface area (Å²) in [5.41, 5.74) is 0.835. The van der Waals surface area contributed by atoms with E-state index in [0.29, 0.717) is 5.95 Å². The molecule has 0 aliphatic carbocycles. The summed E-state index contributed by atoms with van der Waals surface area (Å²) in [6.07, 6.45) is 7.44. The van der Waals surface area contributed by atoms with E-state index in [2.05, 4.69) is 29.8 Å². The number of nitrogens with zero attached hydrogens (tertiary/aromatic N) is 7. The first-order valence-electron chi connectivity index (χ1n) is 7.33. The van der Waals surface area contributed by atoms with Crippen molar-refractivity contribution in [3.63, 3.8) is 0 Å². The largest absolute Gasteiger partial charge is 0.352 e. The third-order valence-corrected chi connectivity index (χ3v) is 3.89. The predicted molar refractivity (Wildman–Crippen MR) is 83.7 cm³/mol. The molecule has 1 fully saturated rings. The second-order valence-corrected chi connectivity index (χ2v) is 5.27. The molecule has 3 aromatic heterocycles. The van der Waals surface area contributed by atoms with Crippen LogP contribution in [-0.4, -0.2) is 51.1 Å². The summed E-state index contributed by atoms with van der Waals surface area (Å²) < 4.78 is 12.9. The lowest BCUT2D eigenvalue weighted by atomic mass is 10.2. The number of hydrogen-bond donors (Lipinski definition) is 0. The molecule has 0 N–H and O–H groups in total. The Balaban J connectivity index is 1.54. The van der Waals surface area contributed by atoms with Crippen molar-refractivity contribution in [3.8, 4) is 0 Å². The van der Waals surface area contributed by atoms with Crippen molar-refractivity contribution in [1.82, 2.24) is 24.9 Å². The Morgan fingerprint density at radius 3 is 2.39 bits per heavy atom. The predicted octanol–water partition coefficient (Wildman–Crippen LogP) is 1.28. The van der Waals surface area contributed by atoms with E-state index < -0.39 is 5.82 Å². The van der Waals surface area contributed by atoms with E-state index in [1.54, 1.807) is 18.7 Å². The lowest BCUT2D eigenvalue weighted by molar-refractivity contribution is 0.602. The minimum absolute atomic E-state index is 0.423. The summed E-state index contributed by atoms with van der Waals surface area (Å²) >= 11 is 0. The van der Waals surface area contributed by atoms with E-state index >= 15 is 0 Å². The van der Waals surface area contributed by atoms with Gasteiger partial charge in [-0.05, 0) is 6.07 Å². The standard InChI is InChI=1S/C15H14FN7/c16-11-7-18-15(19-8-11)23-5-3-22(4-6-23)14-12-1-2-17-9-13(12)20-10-21-14/h1-2,7-10H,3-6H2. The fraction of sp³-hybridized carbons (Fsp3) is 0.267. The molecule has 0 atom stereocenters. The van der Waals surface area contributed by atoms with Crippen molar-refractivity contribution in [2.75, 3.05) is 36.0 Å². The third kappa shape index (κ3) is 2.63. The van der Waals surface area contributed by atoms with Crippen molar-refractivity contribution in [3.05, 3.63) is 43.0 Å². The zero-order valence-corrected chi connectivity index (χ0v) is 12.3. The number of hydrogen-bond acceptors (Lipinski definition) is 7. The van der Waals surface area contributed by atoms with Crippen LogP contribution in [0.5, 0.6) is 0 Å². The average molecular weight is 311 g/mol. The Kier molecular flexibility index (Phi) is 3.41. The number of halogens is 1. The van der Waals surface area contributed by atoms with Crippen LogP contribution in [0.4, 0.5) is 16.2 Å². The van der Waals surface area contributed by atoms with E-state index in [0.717, 1.165) is 42.9 Å². The van der Waals surface area contributed by atoms with Crippen molar-refractivity contribution >= 4 is 22.7 Å². The first-order chi connectivity index (χ1) is 11.3. The Bertz CT molecular complexity index is 810. The van der Waals surface area contributed by atoms with Crippen LogP contribution in [0.2, 0.25) is 0 Å². The van der Waals surface area contributed by atoms with E-state index in [-0.39, 0.29) is 0 Å². The van der Waals surface area contributed by atoms with Gasteiger partial charge in [-0.15, -0.1) is 0 Å². The van der Waals surface area contributed by atoms with Crippen LogP contribution in [-0.2, 0) is 0 Å². The summed E-state index contributed by atoms with van der Waals surface area (Å²) in [5.74, 6) is 1.05. The molecule has 4 rings (SSSR count). The summed E-state index contributed by atoms with van der Waals surface area (Å²) in [6, 6.07) is 1.93. The molecule has 0 aromatic carbocycles. The highest BCUT2D eigenvalue weighted by Gasteiger charge is 2.21. The molecule has 23 heavy (non-hydrogen) atoms. The molecule has 116 valence electrons. The maximum absolute atomic E-state index is 12.9. The topological polar surface area (TPSA) is 70.9 Å². The molecular weight excluding hydrogens is 297 g/mol. The van der Waals surface area contributed by atoms with Crippen LogP contribution in [0.3, 0.4) is 0 Å². The van der Waals surface area contributed by atoms with E-state index in [1.807, 2.05) is 11.0 Å². The number of pyridine rings is 1. The zero-order valence-electron chi connectivity index (χ0n) is 12.3. The first-order valence-corrected chi connectivity index (χ1v) is 7.33. The lowest BCUT2D eigenvalue weighted by Gasteiger charge is -2.35. The van der Waals surface area contributed by atoms with Crippen LogP contribution in [0, 0.1) is 5.82 Å². The molecule has 3 aromatic rings. The van der Waals surface area contributed by atoms with E-state index in [4.69, 9.17) is 0 Å². The van der Waals surface area contributed by atoms with Crippen LogP contribution < -0.4 is 9.80 Å². The Hall–Kier alpha value is -2.90. The second-order valence-electron chi connectivity index (χ2n) is 5.27. The van der Waals surface area contributed by atoms with Gasteiger partial charge < -0.3 is 9.80 Å². The summed E-state index contributed by atoms with van der Waals surface area (Å²) in [4.78, 5) is 25.1.